The van der Waals surface area contributed by atoms with E-state index >= 15 is 0 Å². The highest BCUT2D eigenvalue weighted by atomic mass is 79.9. The molecule has 3 heteroatoms. The van der Waals surface area contributed by atoms with Gasteiger partial charge in [0, 0.05) is 10.9 Å². The van der Waals surface area contributed by atoms with Crippen LogP contribution in [0.2, 0.25) is 0 Å². The van der Waals surface area contributed by atoms with E-state index in [2.05, 4.69) is 15.9 Å². The summed E-state index contributed by atoms with van der Waals surface area (Å²) in [5.74, 6) is 1.32. The van der Waals surface area contributed by atoms with Gasteiger partial charge in [-0.2, -0.15) is 0 Å². The Hall–Kier alpha value is -1.35. The summed E-state index contributed by atoms with van der Waals surface area (Å²) in [6, 6.07) is 10.1. The van der Waals surface area contributed by atoms with Crippen molar-refractivity contribution in [3.8, 4) is 11.3 Å². The van der Waals surface area contributed by atoms with Gasteiger partial charge in [-0.3, -0.25) is 0 Å². The fourth-order valence-corrected chi connectivity index (χ4v) is 1.64. The van der Waals surface area contributed by atoms with Crippen molar-refractivity contribution in [2.45, 2.75) is 6.92 Å². The van der Waals surface area contributed by atoms with E-state index in [1.807, 2.05) is 25.1 Å². The van der Waals surface area contributed by atoms with E-state index in [1.54, 1.807) is 12.1 Å². The molecule has 0 amide bonds. The van der Waals surface area contributed by atoms with E-state index in [1.165, 1.54) is 17.7 Å². The van der Waals surface area contributed by atoms with Crippen LogP contribution in [-0.2, 0) is 0 Å². The van der Waals surface area contributed by atoms with Gasteiger partial charge in [-0.05, 0) is 49.4 Å². The molecule has 0 aliphatic carbocycles. The molecule has 2 rings (SSSR count). The standard InChI is InChI=1S/C14H12BrFO/c1-10(9-15)8-13-6-7-14(17-13)11-2-4-12(16)5-3-11/h2-8H,9H2,1H3. The van der Waals surface area contributed by atoms with Crippen LogP contribution in [0.4, 0.5) is 4.39 Å². The number of allylic oxidation sites excluding steroid dienone is 1. The number of halogens is 2. The summed E-state index contributed by atoms with van der Waals surface area (Å²) >= 11 is 3.38. The smallest absolute Gasteiger partial charge is 0.134 e. The summed E-state index contributed by atoms with van der Waals surface area (Å²) in [5.41, 5.74) is 2.06. The summed E-state index contributed by atoms with van der Waals surface area (Å²) in [7, 11) is 0. The first-order valence-corrected chi connectivity index (χ1v) is 6.40. The average molecular weight is 295 g/mol. The predicted octanol–water partition coefficient (Wildman–Crippen LogP) is 4.88. The van der Waals surface area contributed by atoms with Crippen molar-refractivity contribution in [3.63, 3.8) is 0 Å². The van der Waals surface area contributed by atoms with Crippen LogP contribution in [0.3, 0.4) is 0 Å². The van der Waals surface area contributed by atoms with Gasteiger partial charge >= 0.3 is 0 Å². The molecule has 1 aromatic heterocycles. The van der Waals surface area contributed by atoms with Crippen LogP contribution in [0.5, 0.6) is 0 Å². The first-order valence-electron chi connectivity index (χ1n) is 5.28. The van der Waals surface area contributed by atoms with Crippen molar-refractivity contribution in [1.82, 2.24) is 0 Å². The Bertz CT molecular complexity index is 525. The SMILES string of the molecule is CC(=Cc1ccc(-c2ccc(F)cc2)o1)CBr. The molecule has 0 saturated heterocycles. The molecule has 17 heavy (non-hydrogen) atoms. The minimum atomic E-state index is -0.240. The Morgan fingerprint density at radius 1 is 1.24 bits per heavy atom. The maximum absolute atomic E-state index is 12.8. The summed E-state index contributed by atoms with van der Waals surface area (Å²) in [6.07, 6.45) is 1.97. The molecule has 0 aliphatic rings. The molecule has 0 radical (unpaired) electrons. The van der Waals surface area contributed by atoms with E-state index in [0.29, 0.717) is 0 Å². The lowest BCUT2D eigenvalue weighted by Crippen LogP contribution is -1.76. The van der Waals surface area contributed by atoms with Crippen LogP contribution in [-0.4, -0.2) is 5.33 Å². The molecule has 1 nitrogen and oxygen atoms in total. The van der Waals surface area contributed by atoms with Crippen molar-refractivity contribution in [1.29, 1.82) is 0 Å². The second kappa shape index (κ2) is 5.32. The van der Waals surface area contributed by atoms with Crippen molar-refractivity contribution < 1.29 is 8.81 Å². The molecule has 0 spiro atoms. The van der Waals surface area contributed by atoms with Gasteiger partial charge in [0.05, 0.1) is 0 Å². The fraction of sp³-hybridized carbons (Fsp3) is 0.143. The Morgan fingerprint density at radius 2 is 1.94 bits per heavy atom. The molecule has 0 saturated carbocycles. The van der Waals surface area contributed by atoms with E-state index in [4.69, 9.17) is 4.42 Å². The molecule has 0 unspecified atom stereocenters. The maximum atomic E-state index is 12.8. The Morgan fingerprint density at radius 3 is 2.59 bits per heavy atom. The van der Waals surface area contributed by atoms with E-state index in [0.717, 1.165) is 22.4 Å². The number of hydrogen-bond acceptors (Lipinski definition) is 1. The second-order valence-electron chi connectivity index (χ2n) is 3.83. The molecule has 88 valence electrons. The van der Waals surface area contributed by atoms with Gasteiger partial charge in [-0.15, -0.1) is 0 Å². The third-order valence-electron chi connectivity index (χ3n) is 2.35. The minimum Gasteiger partial charge on any atom is -0.457 e. The van der Waals surface area contributed by atoms with Crippen molar-refractivity contribution in [3.05, 3.63) is 53.5 Å². The van der Waals surface area contributed by atoms with Gasteiger partial charge in [0.1, 0.15) is 17.3 Å². The molecule has 1 heterocycles. The zero-order valence-electron chi connectivity index (χ0n) is 9.41. The van der Waals surface area contributed by atoms with E-state index in [9.17, 15) is 4.39 Å². The third-order valence-corrected chi connectivity index (χ3v) is 3.24. The van der Waals surface area contributed by atoms with Crippen LogP contribution in [0.1, 0.15) is 12.7 Å². The summed E-state index contributed by atoms with van der Waals surface area (Å²) in [5, 5.41) is 0.819. The largest absolute Gasteiger partial charge is 0.457 e. The van der Waals surface area contributed by atoms with E-state index in [-0.39, 0.29) is 5.82 Å². The number of rotatable bonds is 3. The second-order valence-corrected chi connectivity index (χ2v) is 4.39. The monoisotopic (exact) mass is 294 g/mol. The fourth-order valence-electron chi connectivity index (χ4n) is 1.48. The molecule has 0 fully saturated rings. The molecule has 0 atom stereocenters. The highest BCUT2D eigenvalue weighted by Crippen LogP contribution is 2.23. The van der Waals surface area contributed by atoms with Crippen LogP contribution >= 0.6 is 15.9 Å². The van der Waals surface area contributed by atoms with Crippen molar-refractivity contribution in [2.75, 3.05) is 5.33 Å². The van der Waals surface area contributed by atoms with Crippen LogP contribution < -0.4 is 0 Å². The Labute approximate surface area is 108 Å². The maximum Gasteiger partial charge on any atom is 0.134 e. The van der Waals surface area contributed by atoms with Gasteiger partial charge in [-0.1, -0.05) is 21.5 Å². The number of alkyl halides is 1. The summed E-state index contributed by atoms with van der Waals surface area (Å²) in [4.78, 5) is 0. The normalized spacial score (nSPS) is 11.8. The molecule has 0 bridgehead atoms. The van der Waals surface area contributed by atoms with Gasteiger partial charge in [-0.25, -0.2) is 4.39 Å². The van der Waals surface area contributed by atoms with Crippen LogP contribution in [0.25, 0.3) is 17.4 Å². The molecule has 2 aromatic rings. The molecular weight excluding hydrogens is 283 g/mol. The Kier molecular flexibility index (Phi) is 3.79. The predicted molar refractivity (Wildman–Crippen MR) is 71.5 cm³/mol. The molecule has 0 aliphatic heterocycles. The zero-order chi connectivity index (χ0) is 12.3. The van der Waals surface area contributed by atoms with Gasteiger partial charge in [0.15, 0.2) is 0 Å². The highest BCUT2D eigenvalue weighted by molar-refractivity contribution is 9.09. The van der Waals surface area contributed by atoms with Crippen LogP contribution in [0, 0.1) is 5.82 Å². The summed E-state index contributed by atoms with van der Waals surface area (Å²) < 4.78 is 18.4. The lowest BCUT2D eigenvalue weighted by atomic mass is 10.2. The number of furan rings is 1. The van der Waals surface area contributed by atoms with Crippen LogP contribution in [0.15, 0.2) is 46.4 Å². The van der Waals surface area contributed by atoms with E-state index < -0.39 is 0 Å². The molecule has 0 N–H and O–H groups in total. The Balaban J connectivity index is 2.27. The topological polar surface area (TPSA) is 13.1 Å². The number of hydrogen-bond donors (Lipinski definition) is 0. The van der Waals surface area contributed by atoms with Crippen molar-refractivity contribution >= 4 is 22.0 Å². The van der Waals surface area contributed by atoms with Gasteiger partial charge < -0.3 is 4.42 Å². The van der Waals surface area contributed by atoms with Gasteiger partial charge in [0.2, 0.25) is 0 Å². The number of benzene rings is 1. The minimum absolute atomic E-state index is 0.240. The average Bonchev–Trinajstić information content (AvgIpc) is 2.78. The first-order chi connectivity index (χ1) is 8.19. The lowest BCUT2D eigenvalue weighted by Gasteiger charge is -1.96. The first kappa shape index (κ1) is 12.1. The summed E-state index contributed by atoms with van der Waals surface area (Å²) in [6.45, 7) is 2.02. The zero-order valence-corrected chi connectivity index (χ0v) is 11.0. The molecule has 1 aromatic carbocycles. The van der Waals surface area contributed by atoms with Gasteiger partial charge in [0.25, 0.3) is 0 Å². The lowest BCUT2D eigenvalue weighted by molar-refractivity contribution is 0.571. The quantitative estimate of drug-likeness (QED) is 0.735. The molecular formula is C14H12BrFO. The van der Waals surface area contributed by atoms with Crippen molar-refractivity contribution in [2.24, 2.45) is 0 Å². The highest BCUT2D eigenvalue weighted by Gasteiger charge is 2.03. The third kappa shape index (κ3) is 3.07.